The molecule has 2 atom stereocenters. The van der Waals surface area contributed by atoms with Gasteiger partial charge in [-0.1, -0.05) is 19.0 Å². The van der Waals surface area contributed by atoms with Crippen LogP contribution in [-0.2, 0) is 13.6 Å². The Labute approximate surface area is 150 Å². The summed E-state index contributed by atoms with van der Waals surface area (Å²) < 4.78 is 7.54. The summed E-state index contributed by atoms with van der Waals surface area (Å²) in [4.78, 5) is 13.6. The molecule has 0 unspecified atom stereocenters. The first-order chi connectivity index (χ1) is 12.0. The molecule has 0 bridgehead atoms. The van der Waals surface area contributed by atoms with Gasteiger partial charge in [0.05, 0.1) is 24.6 Å². The third kappa shape index (κ3) is 4.10. The van der Waals surface area contributed by atoms with E-state index in [1.807, 2.05) is 12.5 Å². The Balaban J connectivity index is 1.67. The van der Waals surface area contributed by atoms with Crippen molar-refractivity contribution in [3.63, 3.8) is 0 Å². The van der Waals surface area contributed by atoms with Crippen LogP contribution in [0.5, 0.6) is 0 Å². The van der Waals surface area contributed by atoms with E-state index in [0.29, 0.717) is 30.3 Å². The lowest BCUT2D eigenvalue weighted by Crippen LogP contribution is -2.41. The van der Waals surface area contributed by atoms with E-state index in [1.165, 1.54) is 18.5 Å². The average Bonchev–Trinajstić information content (AvgIpc) is 3.17. The molecule has 0 spiro atoms. The van der Waals surface area contributed by atoms with Crippen LogP contribution in [-0.4, -0.2) is 56.7 Å². The van der Waals surface area contributed by atoms with Crippen molar-refractivity contribution in [1.82, 2.24) is 29.5 Å². The first-order valence-corrected chi connectivity index (χ1v) is 9.13. The quantitative estimate of drug-likeness (QED) is 0.800. The number of aryl methyl sites for hydroxylation is 1. The number of imidazole rings is 1. The van der Waals surface area contributed by atoms with Crippen molar-refractivity contribution in [3.05, 3.63) is 29.9 Å². The van der Waals surface area contributed by atoms with Gasteiger partial charge in [0.2, 0.25) is 5.89 Å². The molecule has 0 amide bonds. The van der Waals surface area contributed by atoms with Crippen molar-refractivity contribution in [1.29, 1.82) is 0 Å². The van der Waals surface area contributed by atoms with Gasteiger partial charge in [-0.3, -0.25) is 9.80 Å². The zero-order valence-electron chi connectivity index (χ0n) is 16.0. The van der Waals surface area contributed by atoms with Crippen LogP contribution in [0.4, 0.5) is 0 Å². The molecular formula is C18H30N6O. The van der Waals surface area contributed by atoms with Gasteiger partial charge in [-0.25, -0.2) is 4.98 Å². The molecule has 1 fully saturated rings. The molecule has 0 N–H and O–H groups in total. The SMILES string of the molecule is CC(C)c1noc(CN(C)C[C@@H]2CCCN(C)[C@H]2c2cncn2C)n1. The summed E-state index contributed by atoms with van der Waals surface area (Å²) in [6.07, 6.45) is 6.36. The highest BCUT2D eigenvalue weighted by Crippen LogP contribution is 2.35. The largest absolute Gasteiger partial charge is 0.338 e. The molecule has 0 radical (unpaired) electrons. The maximum Gasteiger partial charge on any atom is 0.240 e. The van der Waals surface area contributed by atoms with Crippen LogP contribution in [0.3, 0.4) is 0 Å². The second kappa shape index (κ2) is 7.66. The normalized spacial score (nSPS) is 22.2. The first kappa shape index (κ1) is 18.1. The number of likely N-dealkylation sites (tertiary alicyclic amines) is 1. The monoisotopic (exact) mass is 346 g/mol. The first-order valence-electron chi connectivity index (χ1n) is 9.13. The van der Waals surface area contributed by atoms with Crippen LogP contribution >= 0.6 is 0 Å². The molecule has 2 aromatic rings. The number of aromatic nitrogens is 4. The minimum Gasteiger partial charge on any atom is -0.338 e. The highest BCUT2D eigenvalue weighted by atomic mass is 16.5. The van der Waals surface area contributed by atoms with E-state index in [4.69, 9.17) is 4.52 Å². The van der Waals surface area contributed by atoms with Crippen LogP contribution in [0.1, 0.15) is 56.1 Å². The van der Waals surface area contributed by atoms with Crippen molar-refractivity contribution in [2.75, 3.05) is 27.2 Å². The number of hydrogen-bond donors (Lipinski definition) is 0. The van der Waals surface area contributed by atoms with E-state index in [-0.39, 0.29) is 0 Å². The molecule has 0 saturated carbocycles. The third-order valence-electron chi connectivity index (χ3n) is 5.12. The Morgan fingerprint density at radius 3 is 2.80 bits per heavy atom. The van der Waals surface area contributed by atoms with Crippen molar-refractivity contribution in [3.8, 4) is 0 Å². The third-order valence-corrected chi connectivity index (χ3v) is 5.12. The molecule has 3 heterocycles. The van der Waals surface area contributed by atoms with Crippen molar-refractivity contribution < 1.29 is 4.52 Å². The number of piperidine rings is 1. The Bertz CT molecular complexity index is 679. The zero-order chi connectivity index (χ0) is 18.0. The maximum absolute atomic E-state index is 5.40. The predicted octanol–water partition coefficient (Wildman–Crippen LogP) is 2.44. The van der Waals surface area contributed by atoms with Gasteiger partial charge in [-0.05, 0) is 39.4 Å². The highest BCUT2D eigenvalue weighted by Gasteiger charge is 2.33. The van der Waals surface area contributed by atoms with Crippen LogP contribution < -0.4 is 0 Å². The van der Waals surface area contributed by atoms with Gasteiger partial charge >= 0.3 is 0 Å². The summed E-state index contributed by atoms with van der Waals surface area (Å²) >= 11 is 0. The Hall–Kier alpha value is -1.73. The Morgan fingerprint density at radius 1 is 1.36 bits per heavy atom. The second-order valence-electron chi connectivity index (χ2n) is 7.65. The van der Waals surface area contributed by atoms with Gasteiger partial charge in [-0.15, -0.1) is 0 Å². The van der Waals surface area contributed by atoms with Crippen molar-refractivity contribution >= 4 is 0 Å². The van der Waals surface area contributed by atoms with Gasteiger partial charge < -0.3 is 9.09 Å². The van der Waals surface area contributed by atoms with Crippen LogP contribution in [0.15, 0.2) is 17.0 Å². The summed E-state index contributed by atoms with van der Waals surface area (Å²) in [5.74, 6) is 2.34. The average molecular weight is 346 g/mol. The molecule has 2 aromatic heterocycles. The van der Waals surface area contributed by atoms with Gasteiger partial charge in [-0.2, -0.15) is 4.98 Å². The number of rotatable bonds is 6. The van der Waals surface area contributed by atoms with E-state index in [1.54, 1.807) is 0 Å². The van der Waals surface area contributed by atoms with E-state index in [2.05, 4.69) is 64.5 Å². The molecule has 138 valence electrons. The van der Waals surface area contributed by atoms with Gasteiger partial charge in [0.25, 0.3) is 0 Å². The molecule has 1 aliphatic heterocycles. The fourth-order valence-electron chi connectivity index (χ4n) is 3.83. The minimum atomic E-state index is 0.295. The van der Waals surface area contributed by atoms with Crippen LogP contribution in [0.2, 0.25) is 0 Å². The summed E-state index contributed by atoms with van der Waals surface area (Å²) in [7, 11) is 6.43. The van der Waals surface area contributed by atoms with Gasteiger partial charge in [0.15, 0.2) is 5.82 Å². The molecule has 1 saturated heterocycles. The Morgan fingerprint density at radius 2 is 2.16 bits per heavy atom. The molecule has 0 aromatic carbocycles. The number of nitrogens with zero attached hydrogens (tertiary/aromatic N) is 6. The lowest BCUT2D eigenvalue weighted by Gasteiger charge is -2.40. The summed E-state index contributed by atoms with van der Waals surface area (Å²) in [5.41, 5.74) is 1.29. The Kier molecular flexibility index (Phi) is 5.54. The molecular weight excluding hydrogens is 316 g/mol. The van der Waals surface area contributed by atoms with Crippen LogP contribution in [0.25, 0.3) is 0 Å². The minimum absolute atomic E-state index is 0.295. The lowest BCUT2D eigenvalue weighted by molar-refractivity contribution is 0.0851. The van der Waals surface area contributed by atoms with Crippen molar-refractivity contribution in [2.45, 2.75) is 45.2 Å². The summed E-state index contributed by atoms with van der Waals surface area (Å²) in [6, 6.07) is 0.401. The molecule has 7 nitrogen and oxygen atoms in total. The van der Waals surface area contributed by atoms with Crippen LogP contribution in [0, 0.1) is 5.92 Å². The lowest BCUT2D eigenvalue weighted by atomic mass is 9.87. The zero-order valence-corrected chi connectivity index (χ0v) is 16.0. The number of hydrogen-bond acceptors (Lipinski definition) is 6. The fraction of sp³-hybridized carbons (Fsp3) is 0.722. The molecule has 1 aliphatic rings. The van der Waals surface area contributed by atoms with E-state index < -0.39 is 0 Å². The summed E-state index contributed by atoms with van der Waals surface area (Å²) in [6.45, 7) is 6.98. The van der Waals surface area contributed by atoms with E-state index in [0.717, 1.165) is 18.9 Å². The summed E-state index contributed by atoms with van der Waals surface area (Å²) in [5, 5.41) is 4.06. The topological polar surface area (TPSA) is 63.2 Å². The maximum atomic E-state index is 5.40. The van der Waals surface area contributed by atoms with E-state index >= 15 is 0 Å². The second-order valence-corrected chi connectivity index (χ2v) is 7.65. The van der Waals surface area contributed by atoms with Gasteiger partial charge in [0.1, 0.15) is 0 Å². The molecule has 3 rings (SSSR count). The smallest absolute Gasteiger partial charge is 0.240 e. The molecule has 0 aliphatic carbocycles. The van der Waals surface area contributed by atoms with Gasteiger partial charge in [0, 0.05) is 25.7 Å². The van der Waals surface area contributed by atoms with E-state index in [9.17, 15) is 0 Å². The standard InChI is InChI=1S/C18H30N6O/c1-13(2)18-20-16(25-21-18)11-22(3)10-14-7-6-8-23(4)17(14)15-9-19-12-24(15)5/h9,12-14,17H,6-8,10-11H2,1-5H3/t14-,17+/m0/s1. The predicted molar refractivity (Wildman–Crippen MR) is 96.0 cm³/mol. The van der Waals surface area contributed by atoms with Crippen molar-refractivity contribution in [2.24, 2.45) is 13.0 Å². The molecule has 7 heteroatoms. The fourth-order valence-corrected chi connectivity index (χ4v) is 3.83. The molecule has 25 heavy (non-hydrogen) atoms. The highest BCUT2D eigenvalue weighted by molar-refractivity contribution is 5.08.